The largest absolute Gasteiger partial charge is 0.415 e. The fraction of sp³-hybridized carbons (Fsp3) is 0.120. The minimum Gasteiger partial charge on any atom is -0.320 e. The van der Waals surface area contributed by atoms with E-state index < -0.39 is 35.1 Å². The number of rotatable bonds is 4. The summed E-state index contributed by atoms with van der Waals surface area (Å²) in [6.07, 6.45) is 0.134. The molecule has 0 aliphatic carbocycles. The van der Waals surface area contributed by atoms with E-state index >= 15 is 0 Å². The van der Waals surface area contributed by atoms with Crippen LogP contribution in [-0.4, -0.2) is 38.0 Å². The van der Waals surface area contributed by atoms with Crippen molar-refractivity contribution in [3.05, 3.63) is 83.1 Å². The number of aryl methyl sites for hydroxylation is 1. The maximum atomic E-state index is 14.2. The molecular weight excluding hydrogens is 490 g/mol. The van der Waals surface area contributed by atoms with Crippen LogP contribution in [0.5, 0.6) is 0 Å². The topological polar surface area (TPSA) is 109 Å². The summed E-state index contributed by atoms with van der Waals surface area (Å²) in [5, 5.41) is 16.2. The van der Waals surface area contributed by atoms with Crippen LogP contribution in [0.25, 0.3) is 22.3 Å². The van der Waals surface area contributed by atoms with Gasteiger partial charge in [-0.1, -0.05) is 12.1 Å². The number of fused-ring (bicyclic) bond motifs is 1. The van der Waals surface area contributed by atoms with Crippen molar-refractivity contribution >= 4 is 28.7 Å². The number of nitrogens with one attached hydrogen (secondary N) is 1. The monoisotopic (exact) mass is 505 g/mol. The van der Waals surface area contributed by atoms with Crippen molar-refractivity contribution in [3.63, 3.8) is 0 Å². The highest BCUT2D eigenvalue weighted by atomic mass is 19.4. The van der Waals surface area contributed by atoms with Crippen molar-refractivity contribution in [2.45, 2.75) is 12.2 Å². The Bertz CT molecular complexity index is 1660. The molecule has 1 aliphatic rings. The second-order valence-electron chi connectivity index (χ2n) is 8.10. The van der Waals surface area contributed by atoms with Gasteiger partial charge in [-0.05, 0) is 29.8 Å². The molecule has 12 heteroatoms. The van der Waals surface area contributed by atoms with E-state index in [9.17, 15) is 27.6 Å². The molecule has 1 unspecified atom stereocenters. The number of halogens is 4. The van der Waals surface area contributed by atoms with Crippen LogP contribution in [-0.2, 0) is 11.8 Å². The van der Waals surface area contributed by atoms with Crippen molar-refractivity contribution in [2.75, 3.05) is 5.32 Å². The molecule has 8 nitrogen and oxygen atoms in total. The highest BCUT2D eigenvalue weighted by Gasteiger charge is 2.45. The summed E-state index contributed by atoms with van der Waals surface area (Å²) >= 11 is 0. The van der Waals surface area contributed by atoms with Gasteiger partial charge in [-0.25, -0.2) is 4.39 Å². The van der Waals surface area contributed by atoms with Crippen molar-refractivity contribution in [1.29, 1.82) is 5.26 Å². The molecule has 0 radical (unpaired) electrons. The van der Waals surface area contributed by atoms with Crippen LogP contribution < -0.4 is 5.32 Å². The number of anilines is 1. The van der Waals surface area contributed by atoms with Crippen molar-refractivity contribution in [1.82, 2.24) is 19.7 Å². The van der Waals surface area contributed by atoms with E-state index in [1.165, 1.54) is 41.3 Å². The van der Waals surface area contributed by atoms with E-state index in [0.717, 1.165) is 12.3 Å². The van der Waals surface area contributed by atoms with Gasteiger partial charge >= 0.3 is 6.18 Å². The molecule has 0 saturated carbocycles. The Morgan fingerprint density at radius 3 is 2.70 bits per heavy atom. The van der Waals surface area contributed by atoms with E-state index in [-0.39, 0.29) is 33.4 Å². The number of nitriles is 1. The Hall–Kier alpha value is -4.92. The summed E-state index contributed by atoms with van der Waals surface area (Å²) in [4.78, 5) is 25.0. The average molecular weight is 505 g/mol. The summed E-state index contributed by atoms with van der Waals surface area (Å²) in [7, 11) is 1.69. The summed E-state index contributed by atoms with van der Waals surface area (Å²) in [5.74, 6) is -1.77. The van der Waals surface area contributed by atoms with Crippen LogP contribution in [0.3, 0.4) is 0 Å². The van der Waals surface area contributed by atoms with E-state index in [0.29, 0.717) is 5.69 Å². The number of aliphatic imine (C=N–C) groups is 1. The molecule has 3 aromatic heterocycles. The number of carbonyl (C=O) groups is 1. The van der Waals surface area contributed by atoms with Crippen LogP contribution in [0.4, 0.5) is 23.2 Å². The maximum absolute atomic E-state index is 14.2. The fourth-order valence-corrected chi connectivity index (χ4v) is 4.13. The summed E-state index contributed by atoms with van der Waals surface area (Å²) in [6.45, 7) is 0. The first-order valence-corrected chi connectivity index (χ1v) is 10.8. The Labute approximate surface area is 206 Å². The molecule has 184 valence electrons. The first kappa shape index (κ1) is 23.8. The van der Waals surface area contributed by atoms with Gasteiger partial charge in [0.2, 0.25) is 0 Å². The smallest absolute Gasteiger partial charge is 0.320 e. The summed E-state index contributed by atoms with van der Waals surface area (Å²) in [6, 6.07) is 8.44. The maximum Gasteiger partial charge on any atom is 0.415 e. The lowest BCUT2D eigenvalue weighted by Gasteiger charge is -2.19. The Balaban J connectivity index is 1.52. The van der Waals surface area contributed by atoms with Gasteiger partial charge in [-0.2, -0.15) is 23.5 Å². The third-order valence-corrected chi connectivity index (χ3v) is 5.74. The molecule has 0 saturated heterocycles. The van der Waals surface area contributed by atoms with E-state index in [1.807, 2.05) is 6.07 Å². The number of aromatic nitrogens is 4. The SMILES string of the molecule is Cn1ccc(-c2ncc(NC(=O)C3=C(C(F)(F)F)C(c4ccc(F)c5ncccc45)N=C3)cc2C#N)n1. The molecule has 1 aromatic carbocycles. The van der Waals surface area contributed by atoms with Gasteiger partial charge in [-0.3, -0.25) is 24.4 Å². The first-order valence-electron chi connectivity index (χ1n) is 10.8. The molecule has 0 spiro atoms. The number of benzene rings is 1. The lowest BCUT2D eigenvalue weighted by molar-refractivity contribution is -0.114. The highest BCUT2D eigenvalue weighted by Crippen LogP contribution is 2.44. The first-order chi connectivity index (χ1) is 17.7. The van der Waals surface area contributed by atoms with Crippen molar-refractivity contribution in [3.8, 4) is 17.5 Å². The van der Waals surface area contributed by atoms with Gasteiger partial charge in [0.25, 0.3) is 5.91 Å². The Morgan fingerprint density at radius 1 is 1.19 bits per heavy atom. The van der Waals surface area contributed by atoms with E-state index in [1.54, 1.807) is 19.3 Å². The van der Waals surface area contributed by atoms with Gasteiger partial charge < -0.3 is 5.32 Å². The van der Waals surface area contributed by atoms with Gasteiger partial charge in [0.15, 0.2) is 0 Å². The standard InChI is InChI=1S/C25H15F4N7O/c1-36-8-6-19(35-36)21-13(10-30)9-14(11-32-21)34-24(37)17-12-33-23(20(17)25(27,28)29)16-4-5-18(26)22-15(16)3-2-7-31-22/h2-9,11-12,23H,1H3,(H,34,37). The van der Waals surface area contributed by atoms with Crippen molar-refractivity contribution in [2.24, 2.45) is 12.0 Å². The summed E-state index contributed by atoms with van der Waals surface area (Å²) < 4.78 is 58.4. The Morgan fingerprint density at radius 2 is 2.00 bits per heavy atom. The quantitative estimate of drug-likeness (QED) is 0.406. The summed E-state index contributed by atoms with van der Waals surface area (Å²) in [5.41, 5.74) is -1.16. The van der Waals surface area contributed by atoms with E-state index in [2.05, 4.69) is 25.4 Å². The lowest BCUT2D eigenvalue weighted by Crippen LogP contribution is -2.23. The lowest BCUT2D eigenvalue weighted by atomic mass is 9.93. The number of carbonyl (C=O) groups excluding carboxylic acids is 1. The number of amides is 1. The van der Waals surface area contributed by atoms with Crippen LogP contribution in [0.15, 0.2) is 71.1 Å². The van der Waals surface area contributed by atoms with Crippen LogP contribution >= 0.6 is 0 Å². The van der Waals surface area contributed by atoms with Crippen LogP contribution in [0.1, 0.15) is 17.2 Å². The average Bonchev–Trinajstić information content (AvgIpc) is 3.51. The number of hydrogen-bond donors (Lipinski definition) is 1. The molecule has 1 amide bonds. The second-order valence-corrected chi connectivity index (χ2v) is 8.10. The number of alkyl halides is 3. The fourth-order valence-electron chi connectivity index (χ4n) is 4.13. The van der Waals surface area contributed by atoms with Gasteiger partial charge in [0, 0.05) is 31.0 Å². The molecule has 4 heterocycles. The molecule has 0 fully saturated rings. The number of nitrogens with zero attached hydrogens (tertiary/aromatic N) is 6. The third kappa shape index (κ3) is 4.31. The zero-order valence-corrected chi connectivity index (χ0v) is 19.0. The molecule has 1 N–H and O–H groups in total. The van der Waals surface area contributed by atoms with Gasteiger partial charge in [0.05, 0.1) is 28.6 Å². The molecule has 0 bridgehead atoms. The van der Waals surface area contributed by atoms with E-state index in [4.69, 9.17) is 0 Å². The Kier molecular flexibility index (Phi) is 5.75. The molecule has 37 heavy (non-hydrogen) atoms. The normalized spacial score (nSPS) is 15.3. The second kappa shape index (κ2) is 8.94. The molecule has 1 atom stereocenters. The number of pyridine rings is 2. The minimum atomic E-state index is -4.92. The predicted octanol–water partition coefficient (Wildman–Crippen LogP) is 4.66. The molecular formula is C25H15F4N7O. The molecule has 1 aliphatic heterocycles. The molecule has 5 rings (SSSR count). The minimum absolute atomic E-state index is 0.0172. The zero-order chi connectivity index (χ0) is 26.3. The van der Waals surface area contributed by atoms with Crippen molar-refractivity contribution < 1.29 is 22.4 Å². The molecule has 4 aromatic rings. The number of hydrogen-bond acceptors (Lipinski definition) is 6. The van der Waals surface area contributed by atoms with Gasteiger partial charge in [-0.15, -0.1) is 0 Å². The highest BCUT2D eigenvalue weighted by molar-refractivity contribution is 6.19. The van der Waals surface area contributed by atoms with Crippen LogP contribution in [0.2, 0.25) is 0 Å². The predicted molar refractivity (Wildman–Crippen MR) is 126 cm³/mol. The third-order valence-electron chi connectivity index (χ3n) is 5.74. The van der Waals surface area contributed by atoms with Gasteiger partial charge in [0.1, 0.15) is 34.8 Å². The van der Waals surface area contributed by atoms with Crippen LogP contribution in [0, 0.1) is 17.1 Å². The zero-order valence-electron chi connectivity index (χ0n) is 19.0.